The molecule has 2 aliphatic heterocycles. The van der Waals surface area contributed by atoms with Crippen LogP contribution in [0.3, 0.4) is 0 Å². The fourth-order valence-electron chi connectivity index (χ4n) is 3.00. The van der Waals surface area contributed by atoms with E-state index >= 15 is 0 Å². The van der Waals surface area contributed by atoms with Gasteiger partial charge in [0.2, 0.25) is 0 Å². The highest BCUT2D eigenvalue weighted by molar-refractivity contribution is 6.21. The topological polar surface area (TPSA) is 93.2 Å². The van der Waals surface area contributed by atoms with Crippen molar-refractivity contribution in [2.75, 3.05) is 32.8 Å². The molecule has 0 aromatic heterocycles. The van der Waals surface area contributed by atoms with Gasteiger partial charge in [-0.25, -0.2) is 0 Å². The maximum atomic E-state index is 12.2. The molecule has 26 heavy (non-hydrogen) atoms. The Kier molecular flexibility index (Phi) is 5.32. The molecule has 0 spiro atoms. The van der Waals surface area contributed by atoms with Crippen LogP contribution in [0.2, 0.25) is 0 Å². The number of benzene rings is 1. The highest BCUT2D eigenvalue weighted by Gasteiger charge is 2.35. The van der Waals surface area contributed by atoms with Crippen LogP contribution >= 0.6 is 0 Å². The van der Waals surface area contributed by atoms with Gasteiger partial charge in [-0.3, -0.25) is 24.1 Å². The van der Waals surface area contributed by atoms with E-state index in [2.05, 4.69) is 0 Å². The van der Waals surface area contributed by atoms with Crippen molar-refractivity contribution in [1.82, 2.24) is 9.80 Å². The monoisotopic (exact) mass is 360 g/mol. The Morgan fingerprint density at radius 2 is 1.85 bits per heavy atom. The average Bonchev–Trinajstić information content (AvgIpc) is 2.89. The average molecular weight is 360 g/mol. The van der Waals surface area contributed by atoms with Crippen LogP contribution in [-0.2, 0) is 19.1 Å². The van der Waals surface area contributed by atoms with Gasteiger partial charge in [-0.1, -0.05) is 12.1 Å². The predicted octanol–water partition coefficient (Wildman–Crippen LogP) is 0.463. The SMILES string of the molecule is CC1CN(C(=O)COC(=O)CCN2C(=O)c3ccccc3C2=O)CCO1. The summed E-state index contributed by atoms with van der Waals surface area (Å²) in [6.07, 6.45) is -0.199. The number of hydrogen-bond donors (Lipinski definition) is 0. The van der Waals surface area contributed by atoms with Crippen molar-refractivity contribution in [3.8, 4) is 0 Å². The Labute approximate surface area is 150 Å². The smallest absolute Gasteiger partial charge is 0.308 e. The normalized spacial score (nSPS) is 19.5. The van der Waals surface area contributed by atoms with Crippen LogP contribution in [0.15, 0.2) is 24.3 Å². The minimum absolute atomic E-state index is 0.0442. The zero-order valence-corrected chi connectivity index (χ0v) is 14.5. The summed E-state index contributed by atoms with van der Waals surface area (Å²) in [5.74, 6) is -1.75. The number of imide groups is 1. The molecule has 1 fully saturated rings. The third-order valence-corrected chi connectivity index (χ3v) is 4.37. The number of morpholine rings is 1. The largest absolute Gasteiger partial charge is 0.456 e. The van der Waals surface area contributed by atoms with E-state index in [4.69, 9.17) is 9.47 Å². The van der Waals surface area contributed by atoms with Gasteiger partial charge in [0.15, 0.2) is 6.61 Å². The molecule has 138 valence electrons. The number of hydrogen-bond acceptors (Lipinski definition) is 6. The van der Waals surface area contributed by atoms with Gasteiger partial charge in [-0.15, -0.1) is 0 Å². The van der Waals surface area contributed by atoms with Crippen LogP contribution in [0.25, 0.3) is 0 Å². The maximum absolute atomic E-state index is 12.2. The third kappa shape index (κ3) is 3.75. The fourth-order valence-corrected chi connectivity index (χ4v) is 3.00. The fraction of sp³-hybridized carbons (Fsp3) is 0.444. The van der Waals surface area contributed by atoms with Gasteiger partial charge >= 0.3 is 5.97 Å². The molecule has 1 aromatic rings. The van der Waals surface area contributed by atoms with Crippen molar-refractivity contribution >= 4 is 23.7 Å². The molecule has 8 heteroatoms. The number of fused-ring (bicyclic) bond motifs is 1. The first kappa shape index (κ1) is 18.1. The lowest BCUT2D eigenvalue weighted by atomic mass is 10.1. The van der Waals surface area contributed by atoms with Crippen molar-refractivity contribution in [2.45, 2.75) is 19.4 Å². The van der Waals surface area contributed by atoms with Crippen molar-refractivity contribution in [1.29, 1.82) is 0 Å². The Morgan fingerprint density at radius 1 is 1.19 bits per heavy atom. The van der Waals surface area contributed by atoms with Crippen LogP contribution in [0.5, 0.6) is 0 Å². The lowest BCUT2D eigenvalue weighted by Gasteiger charge is -2.30. The molecule has 0 bridgehead atoms. The van der Waals surface area contributed by atoms with E-state index in [9.17, 15) is 19.2 Å². The number of nitrogens with zero attached hydrogens (tertiary/aromatic N) is 2. The molecule has 1 atom stereocenters. The second kappa shape index (κ2) is 7.65. The molecule has 3 rings (SSSR count). The quantitative estimate of drug-likeness (QED) is 0.560. The molecule has 0 saturated carbocycles. The van der Waals surface area contributed by atoms with E-state index in [1.165, 1.54) is 0 Å². The first-order valence-electron chi connectivity index (χ1n) is 8.47. The molecule has 1 aromatic carbocycles. The van der Waals surface area contributed by atoms with Crippen molar-refractivity contribution in [3.63, 3.8) is 0 Å². The second-order valence-corrected chi connectivity index (χ2v) is 6.24. The minimum Gasteiger partial charge on any atom is -0.456 e. The molecule has 1 saturated heterocycles. The Balaban J connectivity index is 1.45. The zero-order chi connectivity index (χ0) is 18.7. The minimum atomic E-state index is -0.629. The van der Waals surface area contributed by atoms with Crippen LogP contribution < -0.4 is 0 Å². The molecule has 0 aliphatic carbocycles. The predicted molar refractivity (Wildman–Crippen MR) is 89.4 cm³/mol. The van der Waals surface area contributed by atoms with Gasteiger partial charge in [0, 0.05) is 19.6 Å². The second-order valence-electron chi connectivity index (χ2n) is 6.24. The van der Waals surface area contributed by atoms with E-state index in [1.807, 2.05) is 6.92 Å². The molecule has 0 radical (unpaired) electrons. The lowest BCUT2D eigenvalue weighted by Crippen LogP contribution is -2.46. The van der Waals surface area contributed by atoms with E-state index in [0.29, 0.717) is 30.8 Å². The summed E-state index contributed by atoms with van der Waals surface area (Å²) in [4.78, 5) is 50.9. The number of carbonyl (C=O) groups is 4. The number of rotatable bonds is 5. The molecular formula is C18H20N2O6. The molecule has 3 amide bonds. The summed E-state index contributed by atoms with van der Waals surface area (Å²) in [6.45, 7) is 2.83. The summed E-state index contributed by atoms with van der Waals surface area (Å²) in [5, 5.41) is 0. The molecule has 8 nitrogen and oxygen atoms in total. The van der Waals surface area contributed by atoms with Crippen LogP contribution in [-0.4, -0.2) is 72.4 Å². The highest BCUT2D eigenvalue weighted by atomic mass is 16.5. The van der Waals surface area contributed by atoms with E-state index < -0.39 is 17.8 Å². The third-order valence-electron chi connectivity index (χ3n) is 4.37. The molecule has 2 heterocycles. The first-order valence-corrected chi connectivity index (χ1v) is 8.47. The molecule has 2 aliphatic rings. The zero-order valence-electron chi connectivity index (χ0n) is 14.5. The number of ether oxygens (including phenoxy) is 2. The van der Waals surface area contributed by atoms with E-state index in [1.54, 1.807) is 29.2 Å². The first-order chi connectivity index (χ1) is 12.5. The van der Waals surface area contributed by atoms with E-state index in [0.717, 1.165) is 4.90 Å². The summed E-state index contributed by atoms with van der Waals surface area (Å²) >= 11 is 0. The molecular weight excluding hydrogens is 340 g/mol. The maximum Gasteiger partial charge on any atom is 0.308 e. The van der Waals surface area contributed by atoms with Gasteiger partial charge in [-0.2, -0.15) is 0 Å². The van der Waals surface area contributed by atoms with Gasteiger partial charge in [0.25, 0.3) is 17.7 Å². The number of amides is 3. The molecule has 0 N–H and O–H groups in total. The van der Waals surface area contributed by atoms with Crippen LogP contribution in [0, 0.1) is 0 Å². The number of carbonyl (C=O) groups excluding carboxylic acids is 4. The summed E-state index contributed by atoms with van der Waals surface area (Å²) < 4.78 is 10.3. The summed E-state index contributed by atoms with van der Waals surface area (Å²) in [6, 6.07) is 6.52. The Hall–Kier alpha value is -2.74. The standard InChI is InChI=1S/C18H20N2O6/c1-12-10-19(8-9-25-12)15(21)11-26-16(22)6-7-20-17(23)13-4-2-3-5-14(13)18(20)24/h2-5,12H,6-11H2,1H3. The van der Waals surface area contributed by atoms with E-state index in [-0.39, 0.29) is 31.6 Å². The summed E-state index contributed by atoms with van der Waals surface area (Å²) in [7, 11) is 0. The lowest BCUT2D eigenvalue weighted by molar-refractivity contribution is -0.154. The van der Waals surface area contributed by atoms with Gasteiger partial charge < -0.3 is 14.4 Å². The summed E-state index contributed by atoms with van der Waals surface area (Å²) in [5.41, 5.74) is 0.671. The molecule has 1 unspecified atom stereocenters. The Bertz CT molecular complexity index is 712. The number of esters is 1. The Morgan fingerprint density at radius 3 is 2.46 bits per heavy atom. The van der Waals surface area contributed by atoms with Crippen molar-refractivity contribution in [2.24, 2.45) is 0 Å². The van der Waals surface area contributed by atoms with Gasteiger partial charge in [0.1, 0.15) is 0 Å². The van der Waals surface area contributed by atoms with Crippen LogP contribution in [0.1, 0.15) is 34.1 Å². The van der Waals surface area contributed by atoms with Crippen molar-refractivity contribution < 1.29 is 28.7 Å². The van der Waals surface area contributed by atoms with Crippen LogP contribution in [0.4, 0.5) is 0 Å². The highest BCUT2D eigenvalue weighted by Crippen LogP contribution is 2.22. The van der Waals surface area contributed by atoms with Crippen molar-refractivity contribution in [3.05, 3.63) is 35.4 Å². The van der Waals surface area contributed by atoms with Gasteiger partial charge in [-0.05, 0) is 19.1 Å². The van der Waals surface area contributed by atoms with Gasteiger partial charge in [0.05, 0.1) is 30.3 Å².